The molecule has 1 aliphatic rings. The molecule has 0 aliphatic carbocycles. The van der Waals surface area contributed by atoms with Gasteiger partial charge in [0.15, 0.2) is 0 Å². The summed E-state index contributed by atoms with van der Waals surface area (Å²) in [5.74, 6) is -2.93. The van der Waals surface area contributed by atoms with Crippen molar-refractivity contribution in [1.82, 2.24) is 15.4 Å². The van der Waals surface area contributed by atoms with E-state index in [2.05, 4.69) is 15.5 Å². The summed E-state index contributed by atoms with van der Waals surface area (Å²) < 4.78 is 38.3. The van der Waals surface area contributed by atoms with Crippen LogP contribution in [-0.2, 0) is 16.3 Å². The molecule has 0 bridgehead atoms. The van der Waals surface area contributed by atoms with Crippen LogP contribution in [-0.4, -0.2) is 54.1 Å². The zero-order chi connectivity index (χ0) is 22.3. The van der Waals surface area contributed by atoms with Gasteiger partial charge in [0.1, 0.15) is 6.67 Å². The second kappa shape index (κ2) is 9.96. The molecular formula is C18H21F3N4O5. The third-order valence-corrected chi connectivity index (χ3v) is 4.07. The fourth-order valence-electron chi connectivity index (χ4n) is 2.71. The number of carbonyl (C=O) groups excluding carboxylic acids is 1. The second-order valence-electron chi connectivity index (χ2n) is 6.29. The Bertz CT molecular complexity index is 932. The molecule has 3 rings (SSSR count). The van der Waals surface area contributed by atoms with Crippen LogP contribution >= 0.6 is 0 Å². The maximum absolute atomic E-state index is 12.2. The number of alkyl halides is 3. The number of nitrogens with one attached hydrogen (secondary N) is 2. The standard InChI is InChI=1S/C16H20N4O3.C2HF3O2/c1-12(21)18-11-20-10-14(16(22)23-20)13-4-2-3-5-15(13)19-8-6-17-7-9-19;3-2(4,5)1(6)7/h2-5,10,17H,6-9,11H2,1H3,(H,18,21);(H,6,7). The van der Waals surface area contributed by atoms with Gasteiger partial charge in [-0.1, -0.05) is 18.2 Å². The first-order chi connectivity index (χ1) is 14.1. The Morgan fingerprint density at radius 2 is 1.80 bits per heavy atom. The summed E-state index contributed by atoms with van der Waals surface area (Å²) in [6.45, 7) is 5.20. The van der Waals surface area contributed by atoms with Gasteiger partial charge in [-0.25, -0.2) is 9.59 Å². The van der Waals surface area contributed by atoms with Crippen LogP contribution in [0.4, 0.5) is 18.9 Å². The Balaban J connectivity index is 0.000000396. The van der Waals surface area contributed by atoms with Crippen molar-refractivity contribution in [3.63, 3.8) is 0 Å². The largest absolute Gasteiger partial charge is 0.490 e. The van der Waals surface area contributed by atoms with E-state index in [0.717, 1.165) is 37.4 Å². The molecule has 30 heavy (non-hydrogen) atoms. The molecule has 1 saturated heterocycles. The summed E-state index contributed by atoms with van der Waals surface area (Å²) in [4.78, 5) is 34.3. The van der Waals surface area contributed by atoms with Gasteiger partial charge in [0.05, 0.1) is 11.8 Å². The monoisotopic (exact) mass is 430 g/mol. The van der Waals surface area contributed by atoms with E-state index in [9.17, 15) is 22.8 Å². The summed E-state index contributed by atoms with van der Waals surface area (Å²) in [5.41, 5.74) is 1.98. The van der Waals surface area contributed by atoms with Gasteiger partial charge in [0, 0.05) is 44.4 Å². The fraction of sp³-hybridized carbons (Fsp3) is 0.389. The Morgan fingerprint density at radius 3 is 2.37 bits per heavy atom. The van der Waals surface area contributed by atoms with Crippen LogP contribution in [0.3, 0.4) is 0 Å². The van der Waals surface area contributed by atoms with Crippen molar-refractivity contribution in [3.05, 3.63) is 40.9 Å². The van der Waals surface area contributed by atoms with Crippen LogP contribution in [0, 0.1) is 0 Å². The Kier molecular flexibility index (Phi) is 7.64. The van der Waals surface area contributed by atoms with Gasteiger partial charge in [0.25, 0.3) is 0 Å². The van der Waals surface area contributed by atoms with Crippen molar-refractivity contribution >= 4 is 17.6 Å². The lowest BCUT2D eigenvalue weighted by Gasteiger charge is -2.30. The first kappa shape index (κ1) is 23.0. The van der Waals surface area contributed by atoms with Crippen LogP contribution in [0.2, 0.25) is 0 Å². The SMILES string of the molecule is CC(=O)NCn1cc(-c2ccccc2N2CCNCC2)c(=O)o1.O=C(O)C(F)(F)F. The van der Waals surface area contributed by atoms with Crippen LogP contribution < -0.4 is 21.2 Å². The number of carbonyl (C=O) groups is 2. The van der Waals surface area contributed by atoms with Crippen LogP contribution in [0.15, 0.2) is 39.8 Å². The third-order valence-electron chi connectivity index (χ3n) is 4.07. The maximum Gasteiger partial charge on any atom is 0.490 e. The zero-order valence-corrected chi connectivity index (χ0v) is 16.0. The highest BCUT2D eigenvalue weighted by Crippen LogP contribution is 2.29. The normalized spacial score (nSPS) is 13.9. The van der Waals surface area contributed by atoms with E-state index in [-0.39, 0.29) is 12.6 Å². The van der Waals surface area contributed by atoms with Gasteiger partial charge in [-0.3, -0.25) is 4.79 Å². The first-order valence-electron chi connectivity index (χ1n) is 8.90. The number of halogens is 3. The van der Waals surface area contributed by atoms with Crippen molar-refractivity contribution in [2.45, 2.75) is 19.8 Å². The number of para-hydroxylation sites is 1. The number of hydrogen-bond acceptors (Lipinski definition) is 6. The van der Waals surface area contributed by atoms with E-state index in [1.54, 1.807) is 6.20 Å². The third kappa shape index (κ3) is 6.37. The number of rotatable bonds is 4. The minimum Gasteiger partial charge on any atom is -0.475 e. The fourth-order valence-corrected chi connectivity index (χ4v) is 2.71. The van der Waals surface area contributed by atoms with Crippen molar-refractivity contribution in [2.24, 2.45) is 0 Å². The van der Waals surface area contributed by atoms with E-state index >= 15 is 0 Å². The Morgan fingerprint density at radius 1 is 1.20 bits per heavy atom. The number of anilines is 1. The molecule has 2 heterocycles. The highest BCUT2D eigenvalue weighted by Gasteiger charge is 2.38. The molecule has 9 nitrogen and oxygen atoms in total. The van der Waals surface area contributed by atoms with Crippen molar-refractivity contribution in [1.29, 1.82) is 0 Å². The molecule has 1 fully saturated rings. The second-order valence-corrected chi connectivity index (χ2v) is 6.29. The number of aromatic nitrogens is 1. The van der Waals surface area contributed by atoms with Gasteiger partial charge in [0.2, 0.25) is 5.91 Å². The first-order valence-corrected chi connectivity index (χ1v) is 8.90. The molecule has 164 valence electrons. The number of carboxylic acid groups (broad SMARTS) is 1. The average Bonchev–Trinajstić information content (AvgIpc) is 3.07. The average molecular weight is 430 g/mol. The smallest absolute Gasteiger partial charge is 0.475 e. The molecule has 0 unspecified atom stereocenters. The van der Waals surface area contributed by atoms with E-state index < -0.39 is 17.8 Å². The van der Waals surface area contributed by atoms with E-state index in [4.69, 9.17) is 14.4 Å². The molecule has 3 N–H and O–H groups in total. The van der Waals surface area contributed by atoms with Crippen molar-refractivity contribution in [3.8, 4) is 11.1 Å². The lowest BCUT2D eigenvalue weighted by Crippen LogP contribution is -2.43. The molecule has 1 aromatic carbocycles. The van der Waals surface area contributed by atoms with Crippen LogP contribution in [0.5, 0.6) is 0 Å². The highest BCUT2D eigenvalue weighted by molar-refractivity contribution is 5.78. The quantitative estimate of drug-likeness (QED) is 0.668. The topological polar surface area (TPSA) is 117 Å². The molecule has 1 aliphatic heterocycles. The Labute approximate surface area is 169 Å². The van der Waals surface area contributed by atoms with Gasteiger partial charge in [-0.15, -0.1) is 0 Å². The summed E-state index contributed by atoms with van der Waals surface area (Å²) in [6.07, 6.45) is -3.45. The number of aliphatic carboxylic acids is 1. The zero-order valence-electron chi connectivity index (χ0n) is 16.0. The molecule has 2 aromatic rings. The van der Waals surface area contributed by atoms with E-state index in [1.165, 1.54) is 11.7 Å². The Hall–Kier alpha value is -3.28. The van der Waals surface area contributed by atoms with Gasteiger partial charge >= 0.3 is 17.8 Å². The number of nitrogens with zero attached hydrogens (tertiary/aromatic N) is 2. The molecular weight excluding hydrogens is 409 g/mol. The molecule has 0 radical (unpaired) electrons. The van der Waals surface area contributed by atoms with Gasteiger partial charge in [-0.2, -0.15) is 17.9 Å². The minimum atomic E-state index is -5.08. The van der Waals surface area contributed by atoms with Crippen LogP contribution in [0.1, 0.15) is 6.92 Å². The lowest BCUT2D eigenvalue weighted by atomic mass is 10.1. The van der Waals surface area contributed by atoms with Crippen molar-refractivity contribution < 1.29 is 32.4 Å². The number of benzene rings is 1. The molecule has 1 aromatic heterocycles. The predicted octanol–water partition coefficient (Wildman–Crippen LogP) is 1.24. The summed E-state index contributed by atoms with van der Waals surface area (Å²) >= 11 is 0. The molecule has 12 heteroatoms. The summed E-state index contributed by atoms with van der Waals surface area (Å²) in [5, 5.41) is 13.0. The number of piperazine rings is 1. The number of amides is 1. The van der Waals surface area contributed by atoms with Crippen LogP contribution in [0.25, 0.3) is 11.1 Å². The molecule has 0 spiro atoms. The summed E-state index contributed by atoms with van der Waals surface area (Å²) in [7, 11) is 0. The minimum absolute atomic E-state index is 0.139. The van der Waals surface area contributed by atoms with Gasteiger partial charge < -0.3 is 25.2 Å². The maximum atomic E-state index is 12.2. The molecule has 0 atom stereocenters. The van der Waals surface area contributed by atoms with Gasteiger partial charge in [-0.05, 0) is 6.07 Å². The molecule has 0 saturated carbocycles. The number of carboxylic acids is 1. The van der Waals surface area contributed by atoms with Crippen molar-refractivity contribution in [2.75, 3.05) is 31.1 Å². The number of hydrogen-bond donors (Lipinski definition) is 3. The summed E-state index contributed by atoms with van der Waals surface area (Å²) in [6, 6.07) is 7.82. The lowest BCUT2D eigenvalue weighted by molar-refractivity contribution is -0.192. The highest BCUT2D eigenvalue weighted by atomic mass is 19.4. The predicted molar refractivity (Wildman–Crippen MR) is 101 cm³/mol. The van der Waals surface area contributed by atoms with E-state index in [0.29, 0.717) is 5.56 Å². The molecule has 1 amide bonds. The van der Waals surface area contributed by atoms with E-state index in [1.807, 2.05) is 24.3 Å².